The van der Waals surface area contributed by atoms with E-state index in [1.807, 2.05) is 25.2 Å². The zero-order chi connectivity index (χ0) is 11.4. The van der Waals surface area contributed by atoms with Gasteiger partial charge in [-0.05, 0) is 38.6 Å². The summed E-state index contributed by atoms with van der Waals surface area (Å²) in [6, 6.07) is 9.18. The first-order valence-corrected chi connectivity index (χ1v) is 5.74. The quantitative estimate of drug-likeness (QED) is 0.563. The van der Waals surface area contributed by atoms with Crippen LogP contribution in [0.2, 0.25) is 0 Å². The lowest BCUT2D eigenvalue weighted by atomic mass is 10.0. The molecule has 1 aromatic carbocycles. The molecule has 0 aliphatic carbocycles. The largest absolute Gasteiger partial charge is 0.425 e. The minimum atomic E-state index is -0.131. The minimum absolute atomic E-state index is 0.0750. The Morgan fingerprint density at radius 2 is 2.06 bits per heavy atom. The summed E-state index contributed by atoms with van der Waals surface area (Å²) < 4.78 is 5.34. The molecule has 3 heteroatoms. The Bertz CT molecular complexity index is 350. The van der Waals surface area contributed by atoms with E-state index in [0.717, 1.165) is 19.4 Å². The Morgan fingerprint density at radius 3 is 2.75 bits per heavy atom. The predicted molar refractivity (Wildman–Crippen MR) is 62.3 cm³/mol. The van der Waals surface area contributed by atoms with Crippen LogP contribution in [0.3, 0.4) is 0 Å². The third-order valence-corrected chi connectivity index (χ3v) is 3.00. The van der Waals surface area contributed by atoms with Gasteiger partial charge in [0.15, 0.2) is 0 Å². The van der Waals surface area contributed by atoms with Crippen LogP contribution in [0.1, 0.15) is 19.3 Å². The molecule has 0 radical (unpaired) electrons. The molecule has 0 N–H and O–H groups in total. The van der Waals surface area contributed by atoms with Gasteiger partial charge in [-0.25, -0.2) is 4.79 Å². The number of carbonyl (C=O) groups excluding carboxylic acids is 1. The van der Waals surface area contributed by atoms with Gasteiger partial charge < -0.3 is 4.74 Å². The van der Waals surface area contributed by atoms with Crippen molar-refractivity contribution in [3.8, 4) is 5.75 Å². The van der Waals surface area contributed by atoms with Crippen LogP contribution in [0.5, 0.6) is 5.75 Å². The molecule has 1 heterocycles. The molecule has 1 fully saturated rings. The van der Waals surface area contributed by atoms with Crippen LogP contribution in [-0.2, 0) is 4.79 Å². The van der Waals surface area contributed by atoms with Crippen molar-refractivity contribution in [3.63, 3.8) is 0 Å². The molecule has 1 aliphatic heterocycles. The lowest BCUT2D eigenvalue weighted by Crippen LogP contribution is -2.43. The van der Waals surface area contributed by atoms with Gasteiger partial charge in [0.1, 0.15) is 11.8 Å². The molecular weight excluding hydrogens is 202 g/mol. The van der Waals surface area contributed by atoms with Crippen molar-refractivity contribution in [2.75, 3.05) is 13.6 Å². The van der Waals surface area contributed by atoms with Crippen molar-refractivity contribution in [2.45, 2.75) is 25.3 Å². The van der Waals surface area contributed by atoms with Crippen molar-refractivity contribution < 1.29 is 9.53 Å². The van der Waals surface area contributed by atoms with Crippen molar-refractivity contribution in [3.05, 3.63) is 30.3 Å². The van der Waals surface area contributed by atoms with Gasteiger partial charge in [0.2, 0.25) is 0 Å². The highest BCUT2D eigenvalue weighted by Crippen LogP contribution is 2.18. The number of esters is 1. The first-order valence-electron chi connectivity index (χ1n) is 5.74. The molecule has 0 spiro atoms. The van der Waals surface area contributed by atoms with E-state index in [0.29, 0.717) is 5.75 Å². The Morgan fingerprint density at radius 1 is 1.31 bits per heavy atom. The lowest BCUT2D eigenvalue weighted by molar-refractivity contribution is -0.141. The summed E-state index contributed by atoms with van der Waals surface area (Å²) in [5.74, 6) is 0.500. The predicted octanol–water partition coefficient (Wildman–Crippen LogP) is 2.08. The number of likely N-dealkylation sites (tertiary alicyclic amines) is 1. The molecule has 86 valence electrons. The summed E-state index contributed by atoms with van der Waals surface area (Å²) in [5, 5.41) is 0. The number of benzene rings is 1. The second kappa shape index (κ2) is 5.12. The topological polar surface area (TPSA) is 29.5 Å². The number of carbonyl (C=O) groups is 1. The van der Waals surface area contributed by atoms with Gasteiger partial charge in [0.25, 0.3) is 0 Å². The fraction of sp³-hybridized carbons (Fsp3) is 0.462. The minimum Gasteiger partial charge on any atom is -0.425 e. The number of ether oxygens (including phenoxy) is 1. The van der Waals surface area contributed by atoms with Crippen LogP contribution in [0.25, 0.3) is 0 Å². The summed E-state index contributed by atoms with van der Waals surface area (Å²) in [4.78, 5) is 14.0. The molecule has 3 nitrogen and oxygen atoms in total. The fourth-order valence-electron chi connectivity index (χ4n) is 2.05. The first-order chi connectivity index (χ1) is 7.77. The Balaban J connectivity index is 1.97. The molecule has 2 rings (SSSR count). The van der Waals surface area contributed by atoms with Gasteiger partial charge in [-0.2, -0.15) is 0 Å². The van der Waals surface area contributed by atoms with Crippen molar-refractivity contribution in [1.29, 1.82) is 0 Å². The standard InChI is InChI=1S/C13H17NO2/c1-14-10-6-5-9-12(14)13(15)16-11-7-3-2-4-8-11/h2-4,7-8,12H,5-6,9-10H2,1H3. The molecule has 0 bridgehead atoms. The molecule has 1 atom stereocenters. The van der Waals surface area contributed by atoms with Crippen LogP contribution >= 0.6 is 0 Å². The average molecular weight is 219 g/mol. The monoisotopic (exact) mass is 219 g/mol. The number of hydrogen-bond donors (Lipinski definition) is 0. The van der Waals surface area contributed by atoms with Crippen LogP contribution in [0.4, 0.5) is 0 Å². The highest BCUT2D eigenvalue weighted by molar-refractivity contribution is 5.78. The second-order valence-electron chi connectivity index (χ2n) is 4.23. The van der Waals surface area contributed by atoms with Crippen molar-refractivity contribution >= 4 is 5.97 Å². The number of rotatable bonds is 2. The van der Waals surface area contributed by atoms with Gasteiger partial charge in [0.05, 0.1) is 0 Å². The summed E-state index contributed by atoms with van der Waals surface area (Å²) >= 11 is 0. The molecule has 1 aromatic rings. The fourth-order valence-corrected chi connectivity index (χ4v) is 2.05. The third-order valence-electron chi connectivity index (χ3n) is 3.00. The maximum Gasteiger partial charge on any atom is 0.328 e. The molecule has 0 saturated carbocycles. The van der Waals surface area contributed by atoms with Crippen LogP contribution in [0.15, 0.2) is 30.3 Å². The number of para-hydroxylation sites is 1. The van der Waals surface area contributed by atoms with Crippen LogP contribution in [-0.4, -0.2) is 30.5 Å². The number of likely N-dealkylation sites (N-methyl/N-ethyl adjacent to an activating group) is 1. The van der Waals surface area contributed by atoms with Gasteiger partial charge >= 0.3 is 5.97 Å². The van der Waals surface area contributed by atoms with Crippen LogP contribution < -0.4 is 4.74 Å². The highest BCUT2D eigenvalue weighted by Gasteiger charge is 2.27. The van der Waals surface area contributed by atoms with E-state index in [1.165, 1.54) is 6.42 Å². The van der Waals surface area contributed by atoms with Gasteiger partial charge in [-0.3, -0.25) is 4.90 Å². The molecular formula is C13H17NO2. The average Bonchev–Trinajstić information content (AvgIpc) is 2.31. The molecule has 1 saturated heterocycles. The number of nitrogens with zero attached hydrogens (tertiary/aromatic N) is 1. The summed E-state index contributed by atoms with van der Waals surface area (Å²) in [5.41, 5.74) is 0. The zero-order valence-electron chi connectivity index (χ0n) is 9.56. The zero-order valence-corrected chi connectivity index (χ0v) is 9.56. The Hall–Kier alpha value is -1.35. The number of piperidine rings is 1. The van der Waals surface area contributed by atoms with E-state index >= 15 is 0 Å². The molecule has 1 aliphatic rings. The smallest absolute Gasteiger partial charge is 0.328 e. The van der Waals surface area contributed by atoms with Crippen LogP contribution in [0, 0.1) is 0 Å². The molecule has 0 aromatic heterocycles. The lowest BCUT2D eigenvalue weighted by Gasteiger charge is -2.30. The van der Waals surface area contributed by atoms with Crippen molar-refractivity contribution in [1.82, 2.24) is 4.90 Å². The molecule has 1 unspecified atom stereocenters. The van der Waals surface area contributed by atoms with Gasteiger partial charge in [-0.15, -0.1) is 0 Å². The van der Waals surface area contributed by atoms with E-state index in [9.17, 15) is 4.79 Å². The molecule has 16 heavy (non-hydrogen) atoms. The van der Waals surface area contributed by atoms with Gasteiger partial charge in [0, 0.05) is 0 Å². The summed E-state index contributed by atoms with van der Waals surface area (Å²) in [6.07, 6.45) is 3.19. The maximum atomic E-state index is 11.9. The Labute approximate surface area is 96.0 Å². The van der Waals surface area contributed by atoms with E-state index < -0.39 is 0 Å². The maximum absolute atomic E-state index is 11.9. The second-order valence-corrected chi connectivity index (χ2v) is 4.23. The van der Waals surface area contributed by atoms with E-state index in [2.05, 4.69) is 4.90 Å². The van der Waals surface area contributed by atoms with E-state index in [-0.39, 0.29) is 12.0 Å². The summed E-state index contributed by atoms with van der Waals surface area (Å²) in [7, 11) is 1.98. The highest BCUT2D eigenvalue weighted by atomic mass is 16.5. The normalized spacial score (nSPS) is 21.7. The summed E-state index contributed by atoms with van der Waals surface area (Å²) in [6.45, 7) is 0.981. The SMILES string of the molecule is CN1CCCCC1C(=O)Oc1ccccc1. The third kappa shape index (κ3) is 2.61. The Kier molecular flexibility index (Phi) is 3.57. The number of hydrogen-bond acceptors (Lipinski definition) is 3. The first kappa shape index (κ1) is 11.1. The van der Waals surface area contributed by atoms with Crippen molar-refractivity contribution in [2.24, 2.45) is 0 Å². The van der Waals surface area contributed by atoms with Gasteiger partial charge in [-0.1, -0.05) is 24.6 Å². The molecule has 0 amide bonds. The van der Waals surface area contributed by atoms with E-state index in [1.54, 1.807) is 12.1 Å². The van der Waals surface area contributed by atoms with E-state index in [4.69, 9.17) is 4.74 Å².